The first-order valence-corrected chi connectivity index (χ1v) is 6.36. The summed E-state index contributed by atoms with van der Waals surface area (Å²) in [6.07, 6.45) is 4.08. The lowest BCUT2D eigenvalue weighted by atomic mass is 10.1. The van der Waals surface area contributed by atoms with Crippen LogP contribution in [-0.4, -0.2) is 25.3 Å². The number of carbonyl (C=O) groups is 1. The minimum Gasteiger partial charge on any atom is -0.508 e. The van der Waals surface area contributed by atoms with Gasteiger partial charge in [0, 0.05) is 18.0 Å². The number of rotatable bonds is 3. The molecule has 1 aromatic carbocycles. The zero-order valence-corrected chi connectivity index (χ0v) is 10.9. The fraction of sp³-hybridized carbons (Fsp3) is 0.133. The first-order chi connectivity index (χ1) is 9.70. The highest BCUT2D eigenvalue weighted by Crippen LogP contribution is 2.18. The molecule has 0 amide bonds. The number of aromatic hydroxyl groups is 1. The number of imidazole rings is 1. The molecule has 0 aliphatic rings. The van der Waals surface area contributed by atoms with E-state index >= 15 is 0 Å². The number of aromatic nitrogens is 3. The van der Waals surface area contributed by atoms with Gasteiger partial charge in [0.15, 0.2) is 0 Å². The highest BCUT2D eigenvalue weighted by molar-refractivity contribution is 6.09. The SMILES string of the molecule is CCc1nc2ncccn2c1C(=O)c1ccc(O)cc1. The van der Waals surface area contributed by atoms with Gasteiger partial charge in [-0.05, 0) is 36.8 Å². The third-order valence-corrected chi connectivity index (χ3v) is 3.16. The summed E-state index contributed by atoms with van der Waals surface area (Å²) >= 11 is 0. The van der Waals surface area contributed by atoms with E-state index in [0.717, 1.165) is 5.69 Å². The molecule has 0 aliphatic heterocycles. The van der Waals surface area contributed by atoms with Gasteiger partial charge in [0.05, 0.1) is 5.69 Å². The highest BCUT2D eigenvalue weighted by Gasteiger charge is 2.19. The molecule has 1 N–H and O–H groups in total. The van der Waals surface area contributed by atoms with Crippen molar-refractivity contribution >= 4 is 11.6 Å². The van der Waals surface area contributed by atoms with Crippen molar-refractivity contribution in [3.63, 3.8) is 0 Å². The minimum absolute atomic E-state index is 0.123. The van der Waals surface area contributed by atoms with Crippen molar-refractivity contribution < 1.29 is 9.90 Å². The molecular formula is C15H13N3O2. The Kier molecular flexibility index (Phi) is 2.95. The Morgan fingerprint density at radius 2 is 2.05 bits per heavy atom. The van der Waals surface area contributed by atoms with Crippen LogP contribution < -0.4 is 0 Å². The van der Waals surface area contributed by atoms with Gasteiger partial charge in [-0.3, -0.25) is 9.20 Å². The normalized spacial score (nSPS) is 10.8. The zero-order valence-electron chi connectivity index (χ0n) is 10.9. The summed E-state index contributed by atoms with van der Waals surface area (Å²) in [7, 11) is 0. The molecular weight excluding hydrogens is 254 g/mol. The number of aryl methyl sites for hydroxylation is 1. The number of nitrogens with zero attached hydrogens (tertiary/aromatic N) is 3. The molecule has 0 saturated heterocycles. The second-order valence-electron chi connectivity index (χ2n) is 4.43. The van der Waals surface area contributed by atoms with Crippen molar-refractivity contribution in [1.82, 2.24) is 14.4 Å². The summed E-state index contributed by atoms with van der Waals surface area (Å²) < 4.78 is 1.70. The summed E-state index contributed by atoms with van der Waals surface area (Å²) in [5.41, 5.74) is 1.77. The summed E-state index contributed by atoms with van der Waals surface area (Å²) in [6, 6.07) is 7.97. The Morgan fingerprint density at radius 3 is 2.75 bits per heavy atom. The second-order valence-corrected chi connectivity index (χ2v) is 4.43. The Balaban J connectivity index is 2.17. The second kappa shape index (κ2) is 4.77. The van der Waals surface area contributed by atoms with E-state index in [2.05, 4.69) is 9.97 Å². The molecule has 3 aromatic rings. The smallest absolute Gasteiger partial charge is 0.234 e. The molecule has 0 atom stereocenters. The van der Waals surface area contributed by atoms with E-state index in [9.17, 15) is 9.90 Å². The van der Waals surface area contributed by atoms with E-state index in [0.29, 0.717) is 23.5 Å². The molecule has 20 heavy (non-hydrogen) atoms. The lowest BCUT2D eigenvalue weighted by molar-refractivity contribution is 0.103. The lowest BCUT2D eigenvalue weighted by Gasteiger charge is -2.03. The molecule has 5 nitrogen and oxygen atoms in total. The Labute approximate surface area is 115 Å². The van der Waals surface area contributed by atoms with Gasteiger partial charge in [0.1, 0.15) is 11.4 Å². The molecule has 0 bridgehead atoms. The van der Waals surface area contributed by atoms with E-state index < -0.39 is 0 Å². The maximum absolute atomic E-state index is 12.6. The average Bonchev–Trinajstić information content (AvgIpc) is 2.85. The molecule has 0 saturated carbocycles. The molecule has 5 heteroatoms. The van der Waals surface area contributed by atoms with Crippen molar-refractivity contribution in [3.8, 4) is 5.75 Å². The van der Waals surface area contributed by atoms with Gasteiger partial charge >= 0.3 is 0 Å². The van der Waals surface area contributed by atoms with E-state index in [4.69, 9.17) is 0 Å². The highest BCUT2D eigenvalue weighted by atomic mass is 16.3. The number of hydrogen-bond donors (Lipinski definition) is 1. The van der Waals surface area contributed by atoms with Crippen LogP contribution in [0.5, 0.6) is 5.75 Å². The van der Waals surface area contributed by atoms with Gasteiger partial charge < -0.3 is 5.11 Å². The van der Waals surface area contributed by atoms with E-state index in [1.54, 1.807) is 35.0 Å². The van der Waals surface area contributed by atoms with Crippen LogP contribution in [0.25, 0.3) is 5.78 Å². The largest absolute Gasteiger partial charge is 0.508 e. The first-order valence-electron chi connectivity index (χ1n) is 6.36. The molecule has 0 fully saturated rings. The number of phenolic OH excluding ortho intramolecular Hbond substituents is 1. The van der Waals surface area contributed by atoms with Crippen LogP contribution in [0.2, 0.25) is 0 Å². The zero-order chi connectivity index (χ0) is 14.1. The van der Waals surface area contributed by atoms with Crippen molar-refractivity contribution in [2.75, 3.05) is 0 Å². The number of carbonyl (C=O) groups excluding carboxylic acids is 1. The van der Waals surface area contributed by atoms with Crippen LogP contribution in [0.1, 0.15) is 28.7 Å². The predicted molar refractivity (Wildman–Crippen MR) is 73.9 cm³/mol. The maximum Gasteiger partial charge on any atom is 0.234 e. The molecule has 2 aromatic heterocycles. The van der Waals surface area contributed by atoms with Crippen molar-refractivity contribution in [1.29, 1.82) is 0 Å². The number of phenols is 1. The predicted octanol–water partition coefficient (Wildman–Crippen LogP) is 2.23. The van der Waals surface area contributed by atoms with Crippen molar-refractivity contribution in [3.05, 3.63) is 59.7 Å². The summed E-state index contributed by atoms with van der Waals surface area (Å²) in [5.74, 6) is 0.533. The molecule has 2 heterocycles. The van der Waals surface area contributed by atoms with E-state index in [1.807, 2.05) is 6.92 Å². The molecule has 100 valence electrons. The minimum atomic E-state index is -0.123. The third kappa shape index (κ3) is 1.93. The number of benzene rings is 1. The quantitative estimate of drug-likeness (QED) is 0.739. The van der Waals surface area contributed by atoms with E-state index in [1.165, 1.54) is 12.1 Å². The molecule has 0 unspecified atom stereocenters. The lowest BCUT2D eigenvalue weighted by Crippen LogP contribution is -2.08. The molecule has 0 aliphatic carbocycles. The average molecular weight is 267 g/mol. The fourth-order valence-corrected chi connectivity index (χ4v) is 2.17. The van der Waals surface area contributed by atoms with Gasteiger partial charge in [-0.15, -0.1) is 0 Å². The standard InChI is InChI=1S/C15H13N3O2/c1-2-12-13(18-9-3-8-16-15(18)17-12)14(20)10-4-6-11(19)7-5-10/h3-9,19H,2H2,1H3. The molecule has 0 spiro atoms. The van der Waals surface area contributed by atoms with Gasteiger partial charge in [-0.2, -0.15) is 0 Å². The Morgan fingerprint density at radius 1 is 1.30 bits per heavy atom. The first kappa shape index (κ1) is 12.3. The van der Waals surface area contributed by atoms with Gasteiger partial charge in [0.2, 0.25) is 11.6 Å². The number of ketones is 1. The third-order valence-electron chi connectivity index (χ3n) is 3.16. The maximum atomic E-state index is 12.6. The van der Waals surface area contributed by atoms with Gasteiger partial charge in [0.25, 0.3) is 0 Å². The summed E-state index contributed by atoms with van der Waals surface area (Å²) in [5, 5.41) is 9.30. The topological polar surface area (TPSA) is 67.5 Å². The summed E-state index contributed by atoms with van der Waals surface area (Å²) in [6.45, 7) is 1.95. The van der Waals surface area contributed by atoms with Crippen LogP contribution in [0.15, 0.2) is 42.7 Å². The van der Waals surface area contributed by atoms with Gasteiger partial charge in [-0.25, -0.2) is 9.97 Å². The van der Waals surface area contributed by atoms with Crippen molar-refractivity contribution in [2.24, 2.45) is 0 Å². The van der Waals surface area contributed by atoms with Crippen molar-refractivity contribution in [2.45, 2.75) is 13.3 Å². The van der Waals surface area contributed by atoms with Crippen LogP contribution >= 0.6 is 0 Å². The van der Waals surface area contributed by atoms with E-state index in [-0.39, 0.29) is 11.5 Å². The van der Waals surface area contributed by atoms with Crippen LogP contribution in [0, 0.1) is 0 Å². The van der Waals surface area contributed by atoms with Crippen LogP contribution in [0.4, 0.5) is 0 Å². The Hall–Kier alpha value is -2.69. The van der Waals surface area contributed by atoms with Crippen LogP contribution in [0.3, 0.4) is 0 Å². The molecule has 3 rings (SSSR count). The Bertz CT molecular complexity index is 775. The summed E-state index contributed by atoms with van der Waals surface area (Å²) in [4.78, 5) is 21.2. The number of fused-ring (bicyclic) bond motifs is 1. The monoisotopic (exact) mass is 267 g/mol. The van der Waals surface area contributed by atoms with Crippen LogP contribution in [-0.2, 0) is 6.42 Å². The molecule has 0 radical (unpaired) electrons. The fourth-order valence-electron chi connectivity index (χ4n) is 2.17. The number of hydrogen-bond acceptors (Lipinski definition) is 4. The van der Waals surface area contributed by atoms with Gasteiger partial charge in [-0.1, -0.05) is 6.92 Å².